The van der Waals surface area contributed by atoms with Gasteiger partial charge in [-0.3, -0.25) is 9.59 Å². The summed E-state index contributed by atoms with van der Waals surface area (Å²) in [4.78, 5) is 28.8. The maximum atomic E-state index is 15.1. The smallest absolute Gasteiger partial charge is 0.254 e. The van der Waals surface area contributed by atoms with Crippen LogP contribution in [-0.4, -0.2) is 55.1 Å². The highest BCUT2D eigenvalue weighted by Crippen LogP contribution is 2.35. The van der Waals surface area contributed by atoms with Gasteiger partial charge in [0.25, 0.3) is 5.91 Å². The van der Waals surface area contributed by atoms with Gasteiger partial charge >= 0.3 is 0 Å². The van der Waals surface area contributed by atoms with Crippen molar-refractivity contribution < 1.29 is 23.5 Å². The average Bonchev–Trinajstić information content (AvgIpc) is 3.82. The fourth-order valence-electron chi connectivity index (χ4n) is 5.27. The number of carbonyl (C=O) groups excluding carboxylic acids is 2. The Morgan fingerprint density at radius 1 is 0.978 bits per heavy atom. The summed E-state index contributed by atoms with van der Waals surface area (Å²) < 4.78 is 26.3. The first-order valence-corrected chi connectivity index (χ1v) is 15.9. The van der Waals surface area contributed by atoms with E-state index in [4.69, 9.17) is 55.9 Å². The highest BCUT2D eigenvalue weighted by molar-refractivity contribution is 6.42. The molecule has 2 atom stereocenters. The molecule has 2 fully saturated rings. The Bertz CT molecular complexity index is 1520. The van der Waals surface area contributed by atoms with Crippen LogP contribution in [0.1, 0.15) is 40.7 Å². The largest absolute Gasteiger partial charge is 0.490 e. The fraction of sp³-hybridized carbons (Fsp3) is 0.375. The van der Waals surface area contributed by atoms with E-state index in [0.717, 1.165) is 30.0 Å². The molecule has 3 aromatic rings. The molecule has 2 aliphatic rings. The number of carbonyl (C=O) groups is 2. The summed E-state index contributed by atoms with van der Waals surface area (Å²) in [6, 6.07) is 12.5. The zero-order valence-corrected chi connectivity index (χ0v) is 28.2. The molecule has 3 aromatic carbocycles. The Balaban J connectivity index is 0.00000461. The number of amides is 2. The Morgan fingerprint density at radius 2 is 1.69 bits per heavy atom. The van der Waals surface area contributed by atoms with Crippen LogP contribution in [0.15, 0.2) is 48.5 Å². The highest BCUT2D eigenvalue weighted by Gasteiger charge is 2.40. The van der Waals surface area contributed by atoms with Gasteiger partial charge < -0.3 is 25.0 Å². The third-order valence-electron chi connectivity index (χ3n) is 7.69. The van der Waals surface area contributed by atoms with Crippen molar-refractivity contribution in [2.75, 3.05) is 26.3 Å². The SMILES string of the molecule is Cc1cc(Cl)c(OCCOc2ccc(C(=O)NC3CCNCC3C(=O)N(Cc3cccc(Cl)c3Cl)C3CC3)c(F)c2)c(Cl)c1.Cl. The number of nitrogens with one attached hydrogen (secondary N) is 2. The molecule has 2 N–H and O–H groups in total. The Hall–Kier alpha value is -2.46. The molecule has 2 amide bonds. The number of rotatable bonds is 11. The second-order valence-corrected chi connectivity index (χ2v) is 12.6. The second kappa shape index (κ2) is 15.9. The number of nitrogens with zero attached hydrogens (tertiary/aromatic N) is 1. The number of benzene rings is 3. The van der Waals surface area contributed by atoms with Gasteiger partial charge in [-0.05, 0) is 74.2 Å². The molecule has 5 rings (SSSR count). The molecule has 0 aromatic heterocycles. The van der Waals surface area contributed by atoms with Crippen molar-refractivity contribution in [3.8, 4) is 11.5 Å². The zero-order valence-electron chi connectivity index (χ0n) is 24.4. The molecule has 45 heavy (non-hydrogen) atoms. The minimum Gasteiger partial charge on any atom is -0.490 e. The molecule has 1 heterocycles. The van der Waals surface area contributed by atoms with Crippen molar-refractivity contribution in [3.63, 3.8) is 0 Å². The van der Waals surface area contributed by atoms with Crippen molar-refractivity contribution >= 4 is 70.6 Å². The lowest BCUT2D eigenvalue weighted by Crippen LogP contribution is -2.55. The van der Waals surface area contributed by atoms with Crippen LogP contribution >= 0.6 is 58.8 Å². The van der Waals surface area contributed by atoms with Gasteiger partial charge in [0.2, 0.25) is 5.91 Å². The van der Waals surface area contributed by atoms with Gasteiger partial charge in [-0.1, -0.05) is 58.5 Å². The van der Waals surface area contributed by atoms with Crippen molar-refractivity contribution in [1.82, 2.24) is 15.5 Å². The monoisotopic (exact) mass is 717 g/mol. The molecular formula is C32H33Cl5FN3O4. The van der Waals surface area contributed by atoms with E-state index in [2.05, 4.69) is 10.6 Å². The van der Waals surface area contributed by atoms with E-state index in [1.165, 1.54) is 12.1 Å². The molecule has 0 radical (unpaired) electrons. The minimum atomic E-state index is -0.738. The first kappa shape index (κ1) is 35.4. The quantitative estimate of drug-likeness (QED) is 0.201. The highest BCUT2D eigenvalue weighted by atomic mass is 35.5. The molecule has 7 nitrogen and oxygen atoms in total. The van der Waals surface area contributed by atoms with Crippen LogP contribution in [0.5, 0.6) is 11.5 Å². The molecule has 0 bridgehead atoms. The third kappa shape index (κ3) is 8.88. The maximum absolute atomic E-state index is 15.1. The molecule has 1 aliphatic heterocycles. The van der Waals surface area contributed by atoms with E-state index >= 15 is 4.39 Å². The van der Waals surface area contributed by atoms with Crippen LogP contribution in [0.4, 0.5) is 4.39 Å². The predicted octanol–water partition coefficient (Wildman–Crippen LogP) is 7.53. The first-order chi connectivity index (χ1) is 21.1. The van der Waals surface area contributed by atoms with Crippen LogP contribution in [-0.2, 0) is 11.3 Å². The number of halogens is 6. The zero-order chi connectivity index (χ0) is 31.4. The van der Waals surface area contributed by atoms with Crippen LogP contribution in [0.3, 0.4) is 0 Å². The normalized spacial score (nSPS) is 17.6. The number of hydrogen-bond donors (Lipinski definition) is 2. The van der Waals surface area contributed by atoms with Crippen molar-refractivity contribution in [3.05, 3.63) is 91.1 Å². The maximum Gasteiger partial charge on any atom is 0.254 e. The summed E-state index contributed by atoms with van der Waals surface area (Å²) in [5.74, 6) is -1.35. The van der Waals surface area contributed by atoms with E-state index in [1.54, 1.807) is 24.3 Å². The van der Waals surface area contributed by atoms with Gasteiger partial charge in [0, 0.05) is 31.2 Å². The summed E-state index contributed by atoms with van der Waals surface area (Å²) >= 11 is 25.0. The lowest BCUT2D eigenvalue weighted by molar-refractivity contribution is -0.138. The molecular weight excluding hydrogens is 687 g/mol. The first-order valence-electron chi connectivity index (χ1n) is 14.4. The van der Waals surface area contributed by atoms with E-state index in [-0.39, 0.29) is 48.9 Å². The molecule has 2 unspecified atom stereocenters. The second-order valence-electron chi connectivity index (χ2n) is 11.0. The van der Waals surface area contributed by atoms with Crippen molar-refractivity contribution in [2.24, 2.45) is 5.92 Å². The third-order valence-corrected chi connectivity index (χ3v) is 9.10. The minimum absolute atomic E-state index is 0. The van der Waals surface area contributed by atoms with Gasteiger partial charge in [-0.25, -0.2) is 4.39 Å². The predicted molar refractivity (Wildman–Crippen MR) is 178 cm³/mol. The van der Waals surface area contributed by atoms with Crippen LogP contribution in [0.2, 0.25) is 20.1 Å². The Labute approximate surface area is 288 Å². The Kier molecular flexibility index (Phi) is 12.5. The van der Waals surface area contributed by atoms with Crippen molar-refractivity contribution in [1.29, 1.82) is 0 Å². The molecule has 0 spiro atoms. The van der Waals surface area contributed by atoms with Gasteiger partial charge in [0.15, 0.2) is 5.75 Å². The van der Waals surface area contributed by atoms with Gasteiger partial charge in [0.05, 0.1) is 31.6 Å². The number of piperidine rings is 1. The molecule has 13 heteroatoms. The van der Waals surface area contributed by atoms with E-state index < -0.39 is 23.7 Å². The molecule has 242 valence electrons. The topological polar surface area (TPSA) is 79.9 Å². The molecule has 1 saturated heterocycles. The molecule has 1 aliphatic carbocycles. The molecule has 1 saturated carbocycles. The fourth-order valence-corrected chi connectivity index (χ4v) is 6.36. The lowest BCUT2D eigenvalue weighted by Gasteiger charge is -2.36. The van der Waals surface area contributed by atoms with Crippen LogP contribution in [0.25, 0.3) is 0 Å². The van der Waals surface area contributed by atoms with Crippen LogP contribution in [0, 0.1) is 18.7 Å². The van der Waals surface area contributed by atoms with E-state index in [9.17, 15) is 9.59 Å². The Morgan fingerprint density at radius 3 is 2.38 bits per heavy atom. The van der Waals surface area contributed by atoms with Gasteiger partial charge in [0.1, 0.15) is 24.8 Å². The summed E-state index contributed by atoms with van der Waals surface area (Å²) in [7, 11) is 0. The standard InChI is InChI=1S/C32H32Cl4FN3O4.ClH/c1-18-13-25(34)30(26(35)14-18)44-12-11-43-21-7-8-22(27(37)15-21)31(41)39-28-9-10-38-16-23(28)32(42)40(20-5-6-20)17-19-3-2-4-24(33)29(19)36;/h2-4,7-8,13-15,20,23,28,38H,5-6,9-12,16-17H2,1H3,(H,39,41);1H. The number of ether oxygens (including phenoxy) is 2. The lowest BCUT2D eigenvalue weighted by atomic mass is 9.91. The summed E-state index contributed by atoms with van der Waals surface area (Å²) in [5.41, 5.74) is 1.54. The summed E-state index contributed by atoms with van der Waals surface area (Å²) in [6.07, 6.45) is 2.33. The number of aryl methyl sites for hydroxylation is 1. The average molecular weight is 720 g/mol. The summed E-state index contributed by atoms with van der Waals surface area (Å²) in [6.45, 7) is 3.44. The van der Waals surface area contributed by atoms with Crippen LogP contribution < -0.4 is 20.1 Å². The van der Waals surface area contributed by atoms with Gasteiger partial charge in [-0.2, -0.15) is 0 Å². The van der Waals surface area contributed by atoms with E-state index in [1.807, 2.05) is 17.9 Å². The summed E-state index contributed by atoms with van der Waals surface area (Å²) in [5, 5.41) is 7.80. The van der Waals surface area contributed by atoms with E-state index in [0.29, 0.717) is 51.9 Å². The van der Waals surface area contributed by atoms with Gasteiger partial charge in [-0.15, -0.1) is 12.4 Å². The van der Waals surface area contributed by atoms with Crippen molar-refractivity contribution in [2.45, 2.75) is 44.8 Å². The number of hydrogen-bond acceptors (Lipinski definition) is 5.